The molecule has 9 nitrogen and oxygen atoms in total. The van der Waals surface area contributed by atoms with Crippen LogP contribution in [0.3, 0.4) is 0 Å². The standard InChI is InChI=1S/C35H35BrN6O3S/c1-24(2)33(38-34(43)18-29-19-37-23-41(29)20-25-14-16-28(17-15-25)42(44)45)22-40(35(46)39-32-13-6-5-12-31(32)36)21-27-10-7-9-26-8-3-4-11-30(26)27/h3-17,19,23-24,33H,18,20-22H2,1-2H3,(H,38,43)(H,39,46). The van der Waals surface area contributed by atoms with E-state index in [1.54, 1.807) is 24.7 Å². The van der Waals surface area contributed by atoms with Crippen molar-refractivity contribution in [2.24, 2.45) is 5.92 Å². The number of aromatic nitrogens is 2. The minimum Gasteiger partial charge on any atom is -0.351 e. The van der Waals surface area contributed by atoms with Gasteiger partial charge in [-0.3, -0.25) is 14.9 Å². The number of para-hydroxylation sites is 1. The lowest BCUT2D eigenvalue weighted by atomic mass is 10.0. The van der Waals surface area contributed by atoms with Crippen LogP contribution in [0.4, 0.5) is 11.4 Å². The second-order valence-corrected chi connectivity index (χ2v) is 12.7. The first-order valence-electron chi connectivity index (χ1n) is 15.0. The number of rotatable bonds is 12. The number of nitrogens with one attached hydrogen (secondary N) is 2. The second kappa shape index (κ2) is 15.1. The Hall–Kier alpha value is -4.61. The summed E-state index contributed by atoms with van der Waals surface area (Å²) in [6, 6.07) is 28.6. The van der Waals surface area contributed by atoms with Crippen molar-refractivity contribution in [3.8, 4) is 0 Å². The third-order valence-electron chi connectivity index (χ3n) is 7.85. The third-order valence-corrected chi connectivity index (χ3v) is 8.90. The summed E-state index contributed by atoms with van der Waals surface area (Å²) in [6.45, 7) is 5.67. The highest BCUT2D eigenvalue weighted by atomic mass is 79.9. The van der Waals surface area contributed by atoms with E-state index in [1.807, 2.05) is 41.0 Å². The molecule has 0 aliphatic carbocycles. The van der Waals surface area contributed by atoms with Gasteiger partial charge in [-0.1, -0.05) is 80.6 Å². The van der Waals surface area contributed by atoms with Gasteiger partial charge in [0.05, 0.1) is 23.4 Å². The molecule has 0 aliphatic rings. The Morgan fingerprint density at radius 2 is 1.74 bits per heavy atom. The van der Waals surface area contributed by atoms with Crippen LogP contribution in [0, 0.1) is 16.0 Å². The van der Waals surface area contributed by atoms with E-state index in [-0.39, 0.29) is 30.0 Å². The van der Waals surface area contributed by atoms with Gasteiger partial charge in [0.15, 0.2) is 5.11 Å². The van der Waals surface area contributed by atoms with Crippen molar-refractivity contribution in [2.45, 2.75) is 39.4 Å². The molecule has 11 heteroatoms. The van der Waals surface area contributed by atoms with Crippen molar-refractivity contribution < 1.29 is 9.72 Å². The zero-order chi connectivity index (χ0) is 32.6. The number of nitrogens with zero attached hydrogens (tertiary/aromatic N) is 4. The van der Waals surface area contributed by atoms with Gasteiger partial charge >= 0.3 is 0 Å². The maximum absolute atomic E-state index is 13.5. The van der Waals surface area contributed by atoms with E-state index < -0.39 is 4.92 Å². The molecule has 1 amide bonds. The molecule has 5 rings (SSSR count). The average Bonchev–Trinajstić information content (AvgIpc) is 3.47. The first kappa shape index (κ1) is 32.8. The van der Waals surface area contributed by atoms with Gasteiger partial charge in [-0.15, -0.1) is 0 Å². The first-order valence-corrected chi connectivity index (χ1v) is 16.2. The van der Waals surface area contributed by atoms with Crippen LogP contribution >= 0.6 is 28.1 Å². The predicted molar refractivity (Wildman–Crippen MR) is 190 cm³/mol. The van der Waals surface area contributed by atoms with Crippen molar-refractivity contribution in [1.29, 1.82) is 0 Å². The summed E-state index contributed by atoms with van der Waals surface area (Å²) < 4.78 is 2.79. The summed E-state index contributed by atoms with van der Waals surface area (Å²) in [4.78, 5) is 30.4. The molecule has 0 spiro atoms. The fourth-order valence-electron chi connectivity index (χ4n) is 5.25. The van der Waals surface area contributed by atoms with Crippen LogP contribution in [0.25, 0.3) is 10.8 Å². The van der Waals surface area contributed by atoms with E-state index in [9.17, 15) is 14.9 Å². The molecule has 1 aromatic heterocycles. The predicted octanol–water partition coefficient (Wildman–Crippen LogP) is 7.34. The molecule has 0 aliphatic heterocycles. The molecule has 0 fully saturated rings. The number of imidazole rings is 1. The van der Waals surface area contributed by atoms with Gasteiger partial charge in [-0.05, 0) is 68.1 Å². The highest BCUT2D eigenvalue weighted by molar-refractivity contribution is 9.10. The number of nitro benzene ring substituents is 1. The van der Waals surface area contributed by atoms with Crippen LogP contribution in [0.1, 0.15) is 30.7 Å². The lowest BCUT2D eigenvalue weighted by Gasteiger charge is -2.33. The van der Waals surface area contributed by atoms with Gasteiger partial charge in [0.25, 0.3) is 5.69 Å². The largest absolute Gasteiger partial charge is 0.351 e. The second-order valence-electron chi connectivity index (χ2n) is 11.5. The van der Waals surface area contributed by atoms with Crippen LogP contribution in [0.2, 0.25) is 0 Å². The number of benzene rings is 4. The number of fused-ring (bicyclic) bond motifs is 1. The van der Waals surface area contributed by atoms with Crippen molar-refractivity contribution in [1.82, 2.24) is 19.8 Å². The molecule has 1 heterocycles. The number of hydrogen-bond acceptors (Lipinski definition) is 5. The van der Waals surface area contributed by atoms with Crippen LogP contribution in [-0.4, -0.2) is 43.0 Å². The van der Waals surface area contributed by atoms with E-state index >= 15 is 0 Å². The molecule has 46 heavy (non-hydrogen) atoms. The molecule has 1 unspecified atom stereocenters. The molecule has 236 valence electrons. The Kier molecular flexibility index (Phi) is 10.8. The minimum absolute atomic E-state index is 0.0364. The Bertz CT molecular complexity index is 1840. The highest BCUT2D eigenvalue weighted by Crippen LogP contribution is 2.24. The number of thiocarbonyl (C=S) groups is 1. The van der Waals surface area contributed by atoms with Gasteiger partial charge < -0.3 is 20.1 Å². The van der Waals surface area contributed by atoms with Gasteiger partial charge in [-0.2, -0.15) is 0 Å². The minimum atomic E-state index is -0.422. The number of carbonyl (C=O) groups excluding carboxylic acids is 1. The summed E-state index contributed by atoms with van der Waals surface area (Å²) in [5.74, 6) is -0.00538. The molecule has 2 N–H and O–H groups in total. The van der Waals surface area contributed by atoms with Crippen molar-refractivity contribution in [3.63, 3.8) is 0 Å². The lowest BCUT2D eigenvalue weighted by molar-refractivity contribution is -0.384. The summed E-state index contributed by atoms with van der Waals surface area (Å²) in [6.07, 6.45) is 3.49. The molecule has 5 aromatic rings. The van der Waals surface area contributed by atoms with Crippen molar-refractivity contribution >= 4 is 61.3 Å². The Morgan fingerprint density at radius 1 is 1.02 bits per heavy atom. The maximum Gasteiger partial charge on any atom is 0.269 e. The number of hydrogen-bond donors (Lipinski definition) is 2. The van der Waals surface area contributed by atoms with Crippen LogP contribution in [0.5, 0.6) is 0 Å². The van der Waals surface area contributed by atoms with Crippen molar-refractivity contribution in [2.75, 3.05) is 11.9 Å². The number of nitro groups is 1. The van der Waals surface area contributed by atoms with E-state index in [2.05, 4.69) is 80.6 Å². The molecule has 1 atom stereocenters. The lowest BCUT2D eigenvalue weighted by Crippen LogP contribution is -2.49. The first-order chi connectivity index (χ1) is 22.2. The average molecular weight is 700 g/mol. The van der Waals surface area contributed by atoms with Crippen LogP contribution in [-0.2, 0) is 24.3 Å². The summed E-state index contributed by atoms with van der Waals surface area (Å²) >= 11 is 9.60. The maximum atomic E-state index is 13.5. The Morgan fingerprint density at radius 3 is 2.48 bits per heavy atom. The SMILES string of the molecule is CC(C)C(CN(Cc1cccc2ccccc12)C(=S)Nc1ccccc1Br)NC(=O)Cc1cncn1Cc1ccc([N+](=O)[O-])cc1. The van der Waals surface area contributed by atoms with Crippen LogP contribution in [0.15, 0.2) is 108 Å². The molecule has 0 bridgehead atoms. The van der Waals surface area contributed by atoms with Gasteiger partial charge in [-0.25, -0.2) is 4.98 Å². The normalized spacial score (nSPS) is 11.7. The quantitative estimate of drug-likeness (QED) is 0.0798. The number of amides is 1. The molecular weight excluding hydrogens is 664 g/mol. The smallest absolute Gasteiger partial charge is 0.269 e. The van der Waals surface area contributed by atoms with Gasteiger partial charge in [0, 0.05) is 54.2 Å². The third kappa shape index (κ3) is 8.35. The highest BCUT2D eigenvalue weighted by Gasteiger charge is 2.23. The number of anilines is 1. The summed E-state index contributed by atoms with van der Waals surface area (Å²) in [7, 11) is 0. The molecule has 0 radical (unpaired) electrons. The summed E-state index contributed by atoms with van der Waals surface area (Å²) in [5.41, 5.74) is 3.66. The fraction of sp³-hybridized carbons (Fsp3) is 0.229. The van der Waals surface area contributed by atoms with Crippen LogP contribution < -0.4 is 10.6 Å². The number of halogens is 1. The van der Waals surface area contributed by atoms with Gasteiger partial charge in [0.2, 0.25) is 5.91 Å². The monoisotopic (exact) mass is 698 g/mol. The zero-order valence-electron chi connectivity index (χ0n) is 25.6. The molecule has 0 saturated carbocycles. The number of carbonyl (C=O) groups is 1. The van der Waals surface area contributed by atoms with Gasteiger partial charge in [0.1, 0.15) is 0 Å². The number of non-ortho nitro benzene ring substituents is 1. The van der Waals surface area contributed by atoms with Crippen molar-refractivity contribution in [3.05, 3.63) is 135 Å². The fourth-order valence-corrected chi connectivity index (χ4v) is 5.89. The Balaban J connectivity index is 1.32. The molecular formula is C35H35BrN6O3S. The van der Waals surface area contributed by atoms with E-state index in [4.69, 9.17) is 12.2 Å². The summed E-state index contributed by atoms with van der Waals surface area (Å²) in [5, 5.41) is 20.5. The molecule has 0 saturated heterocycles. The van der Waals surface area contributed by atoms with E-state index in [0.717, 1.165) is 37.8 Å². The zero-order valence-corrected chi connectivity index (χ0v) is 28.0. The topological polar surface area (TPSA) is 105 Å². The van der Waals surface area contributed by atoms with E-state index in [1.165, 1.54) is 12.1 Å². The Labute approximate surface area is 281 Å². The van der Waals surface area contributed by atoms with E-state index in [0.29, 0.717) is 24.7 Å². The molecule has 4 aromatic carbocycles.